The number of amides is 2. The SMILES string of the molecule is COc1ccc(C=NNC(=O)C(=O)Nc2cccc(Cl)c2C)cc1COc1cc(C)c(Cl)c(C)c1. The molecule has 35 heavy (non-hydrogen) atoms. The number of hydrogen-bond donors (Lipinski definition) is 2. The van der Waals surface area contributed by atoms with Crippen molar-refractivity contribution in [3.05, 3.63) is 86.4 Å². The summed E-state index contributed by atoms with van der Waals surface area (Å²) < 4.78 is 11.4. The van der Waals surface area contributed by atoms with Crippen molar-refractivity contribution in [3.63, 3.8) is 0 Å². The van der Waals surface area contributed by atoms with Gasteiger partial charge in [0.05, 0.1) is 13.3 Å². The second-order valence-corrected chi connectivity index (χ2v) is 8.58. The van der Waals surface area contributed by atoms with E-state index < -0.39 is 11.8 Å². The van der Waals surface area contributed by atoms with Crippen LogP contribution in [-0.2, 0) is 16.2 Å². The van der Waals surface area contributed by atoms with Crippen LogP contribution in [0.3, 0.4) is 0 Å². The summed E-state index contributed by atoms with van der Waals surface area (Å²) in [5.41, 5.74) is 6.65. The van der Waals surface area contributed by atoms with Gasteiger partial charge in [-0.05, 0) is 85.5 Å². The number of ether oxygens (including phenoxy) is 2. The van der Waals surface area contributed by atoms with Crippen molar-refractivity contribution in [1.82, 2.24) is 5.43 Å². The lowest BCUT2D eigenvalue weighted by atomic mass is 10.1. The second kappa shape index (κ2) is 11.7. The third-order valence-electron chi connectivity index (χ3n) is 5.21. The Balaban J connectivity index is 1.64. The van der Waals surface area contributed by atoms with E-state index in [0.717, 1.165) is 16.7 Å². The van der Waals surface area contributed by atoms with E-state index in [4.69, 9.17) is 32.7 Å². The number of aryl methyl sites for hydroxylation is 2. The molecule has 3 aromatic carbocycles. The Morgan fingerprint density at radius 1 is 1.00 bits per heavy atom. The smallest absolute Gasteiger partial charge is 0.329 e. The minimum Gasteiger partial charge on any atom is -0.496 e. The first-order valence-electron chi connectivity index (χ1n) is 10.7. The first kappa shape index (κ1) is 26.1. The highest BCUT2D eigenvalue weighted by Crippen LogP contribution is 2.28. The first-order valence-corrected chi connectivity index (χ1v) is 11.4. The Kier molecular flexibility index (Phi) is 8.73. The van der Waals surface area contributed by atoms with Crippen molar-refractivity contribution >= 4 is 46.9 Å². The summed E-state index contributed by atoms with van der Waals surface area (Å²) in [4.78, 5) is 24.3. The minimum absolute atomic E-state index is 0.249. The van der Waals surface area contributed by atoms with Gasteiger partial charge in [-0.15, -0.1) is 0 Å². The van der Waals surface area contributed by atoms with Crippen LogP contribution in [0.2, 0.25) is 10.0 Å². The maximum absolute atomic E-state index is 12.2. The predicted molar refractivity (Wildman–Crippen MR) is 139 cm³/mol. The molecule has 0 aromatic heterocycles. The number of carbonyl (C=O) groups excluding carboxylic acids is 2. The standard InChI is InChI=1S/C26H25Cl2N3O4/c1-15-10-20(11-16(2)24(15)28)35-14-19-12-18(8-9-23(19)34-4)13-29-31-26(33)25(32)30-22-7-5-6-21(27)17(22)3/h5-13H,14H2,1-4H3,(H,30,32)(H,31,33). The molecule has 182 valence electrons. The molecule has 0 fully saturated rings. The minimum atomic E-state index is -0.911. The van der Waals surface area contributed by atoms with E-state index in [2.05, 4.69) is 15.8 Å². The van der Waals surface area contributed by atoms with E-state index >= 15 is 0 Å². The Bertz CT molecular complexity index is 1270. The fourth-order valence-corrected chi connectivity index (χ4v) is 3.56. The summed E-state index contributed by atoms with van der Waals surface area (Å²) in [5, 5.41) is 7.60. The topological polar surface area (TPSA) is 89.0 Å². The quantitative estimate of drug-likeness (QED) is 0.244. The van der Waals surface area contributed by atoms with Crippen LogP contribution in [0.15, 0.2) is 53.6 Å². The van der Waals surface area contributed by atoms with Gasteiger partial charge in [-0.25, -0.2) is 5.43 Å². The van der Waals surface area contributed by atoms with E-state index in [0.29, 0.717) is 38.4 Å². The molecule has 2 N–H and O–H groups in total. The fraction of sp³-hybridized carbons (Fsp3) is 0.192. The summed E-state index contributed by atoms with van der Waals surface area (Å²) >= 11 is 12.3. The lowest BCUT2D eigenvalue weighted by Crippen LogP contribution is -2.32. The molecule has 0 unspecified atom stereocenters. The van der Waals surface area contributed by atoms with Crippen LogP contribution in [0, 0.1) is 20.8 Å². The number of halogens is 2. The second-order valence-electron chi connectivity index (χ2n) is 7.80. The van der Waals surface area contributed by atoms with Gasteiger partial charge in [0.2, 0.25) is 0 Å². The van der Waals surface area contributed by atoms with Crippen LogP contribution >= 0.6 is 23.2 Å². The Labute approximate surface area is 214 Å². The lowest BCUT2D eigenvalue weighted by molar-refractivity contribution is -0.136. The predicted octanol–water partition coefficient (Wildman–Crippen LogP) is 5.60. The number of hydrazone groups is 1. The van der Waals surface area contributed by atoms with E-state index in [1.165, 1.54) is 6.21 Å². The molecule has 7 nitrogen and oxygen atoms in total. The highest BCUT2D eigenvalue weighted by atomic mass is 35.5. The molecule has 0 radical (unpaired) electrons. The van der Waals surface area contributed by atoms with Gasteiger partial charge in [-0.3, -0.25) is 9.59 Å². The Hall–Kier alpha value is -3.55. The molecule has 9 heteroatoms. The van der Waals surface area contributed by atoms with Gasteiger partial charge in [-0.2, -0.15) is 5.10 Å². The average molecular weight is 514 g/mol. The average Bonchev–Trinajstić information content (AvgIpc) is 2.83. The molecule has 0 heterocycles. The third kappa shape index (κ3) is 6.74. The molecule has 0 aliphatic carbocycles. The number of hydrogen-bond acceptors (Lipinski definition) is 5. The monoisotopic (exact) mass is 513 g/mol. The van der Waals surface area contributed by atoms with Crippen molar-refractivity contribution in [1.29, 1.82) is 0 Å². The van der Waals surface area contributed by atoms with E-state index in [1.54, 1.807) is 44.4 Å². The van der Waals surface area contributed by atoms with E-state index in [1.807, 2.05) is 32.0 Å². The molecule has 0 atom stereocenters. The van der Waals surface area contributed by atoms with E-state index in [-0.39, 0.29) is 6.61 Å². The maximum atomic E-state index is 12.2. The van der Waals surface area contributed by atoms with Gasteiger partial charge in [-0.1, -0.05) is 29.3 Å². The third-order valence-corrected chi connectivity index (χ3v) is 6.22. The number of rotatable bonds is 7. The van der Waals surface area contributed by atoms with Crippen LogP contribution in [-0.4, -0.2) is 25.1 Å². The zero-order valence-corrected chi connectivity index (χ0v) is 21.3. The highest BCUT2D eigenvalue weighted by Gasteiger charge is 2.15. The van der Waals surface area contributed by atoms with Crippen LogP contribution < -0.4 is 20.2 Å². The number of benzene rings is 3. The zero-order chi connectivity index (χ0) is 25.5. The Morgan fingerprint density at radius 3 is 2.40 bits per heavy atom. The van der Waals surface area contributed by atoms with E-state index in [9.17, 15) is 9.59 Å². The van der Waals surface area contributed by atoms with Crippen LogP contribution in [0.5, 0.6) is 11.5 Å². The molecule has 2 amide bonds. The molecule has 0 aliphatic heterocycles. The van der Waals surface area contributed by atoms with Crippen LogP contribution in [0.1, 0.15) is 27.8 Å². The summed E-state index contributed by atoms with van der Waals surface area (Å²) in [7, 11) is 1.57. The molecule has 0 aliphatic rings. The van der Waals surface area contributed by atoms with Crippen LogP contribution in [0.25, 0.3) is 0 Å². The summed E-state index contributed by atoms with van der Waals surface area (Å²) in [5.74, 6) is -0.431. The zero-order valence-electron chi connectivity index (χ0n) is 19.7. The molecule has 0 saturated carbocycles. The summed E-state index contributed by atoms with van der Waals surface area (Å²) in [6, 6.07) is 14.1. The fourth-order valence-electron chi connectivity index (χ4n) is 3.28. The number of anilines is 1. The number of nitrogens with one attached hydrogen (secondary N) is 2. The van der Waals surface area contributed by atoms with Gasteiger partial charge in [0.1, 0.15) is 18.1 Å². The van der Waals surface area contributed by atoms with Gasteiger partial charge >= 0.3 is 11.8 Å². The van der Waals surface area contributed by atoms with Crippen molar-refractivity contribution in [2.45, 2.75) is 27.4 Å². The van der Waals surface area contributed by atoms with Gasteiger partial charge in [0.25, 0.3) is 0 Å². The van der Waals surface area contributed by atoms with Crippen molar-refractivity contribution in [2.24, 2.45) is 5.10 Å². The molecule has 3 aromatic rings. The van der Waals surface area contributed by atoms with Gasteiger partial charge < -0.3 is 14.8 Å². The maximum Gasteiger partial charge on any atom is 0.329 e. The molecular formula is C26H25Cl2N3O4. The molecule has 0 bridgehead atoms. The van der Waals surface area contributed by atoms with Gasteiger partial charge in [0, 0.05) is 21.3 Å². The van der Waals surface area contributed by atoms with Crippen molar-refractivity contribution in [3.8, 4) is 11.5 Å². The molecule has 0 saturated heterocycles. The number of methoxy groups -OCH3 is 1. The molecule has 3 rings (SSSR count). The molecule has 0 spiro atoms. The first-order chi connectivity index (χ1) is 16.7. The number of carbonyl (C=O) groups is 2. The highest BCUT2D eigenvalue weighted by molar-refractivity contribution is 6.40. The number of nitrogens with zero attached hydrogens (tertiary/aromatic N) is 1. The summed E-state index contributed by atoms with van der Waals surface area (Å²) in [6.45, 7) is 5.84. The van der Waals surface area contributed by atoms with Crippen molar-refractivity contribution < 1.29 is 19.1 Å². The summed E-state index contributed by atoms with van der Waals surface area (Å²) in [6.07, 6.45) is 1.43. The van der Waals surface area contributed by atoms with Crippen molar-refractivity contribution in [2.75, 3.05) is 12.4 Å². The van der Waals surface area contributed by atoms with Gasteiger partial charge in [0.15, 0.2) is 0 Å². The Morgan fingerprint density at radius 2 is 1.71 bits per heavy atom. The normalized spacial score (nSPS) is 10.8. The lowest BCUT2D eigenvalue weighted by Gasteiger charge is -2.13. The molecular weight excluding hydrogens is 489 g/mol. The largest absolute Gasteiger partial charge is 0.496 e. The van der Waals surface area contributed by atoms with Crippen LogP contribution in [0.4, 0.5) is 5.69 Å².